The third-order valence-electron chi connectivity index (χ3n) is 3.27. The van der Waals surface area contributed by atoms with Gasteiger partial charge in [-0.3, -0.25) is 4.79 Å². The molecule has 1 fully saturated rings. The Morgan fingerprint density at radius 3 is 2.71 bits per heavy atom. The molecule has 0 bridgehead atoms. The van der Waals surface area contributed by atoms with E-state index in [1.54, 1.807) is 0 Å². The molecule has 0 aromatic heterocycles. The Balaban J connectivity index is 1.71. The predicted molar refractivity (Wildman–Crippen MR) is 68.5 cm³/mol. The van der Waals surface area contributed by atoms with Crippen molar-refractivity contribution in [1.82, 2.24) is 5.32 Å². The zero-order chi connectivity index (χ0) is 12.3. The molecule has 3 nitrogen and oxygen atoms in total. The fourth-order valence-electron chi connectivity index (χ4n) is 1.97. The fraction of sp³-hybridized carbons (Fsp3) is 0.500. The molecule has 0 spiro atoms. The maximum atomic E-state index is 11.6. The Kier molecular flexibility index (Phi) is 3.79. The van der Waals surface area contributed by atoms with Crippen LogP contribution in [0.5, 0.6) is 0 Å². The van der Waals surface area contributed by atoms with Crippen molar-refractivity contribution in [3.63, 3.8) is 0 Å². The second-order valence-electron chi connectivity index (χ2n) is 4.94. The zero-order valence-corrected chi connectivity index (χ0v) is 10.2. The molecule has 0 radical (unpaired) electrons. The number of rotatable bonds is 5. The van der Waals surface area contributed by atoms with Gasteiger partial charge in [-0.2, -0.15) is 0 Å². The van der Waals surface area contributed by atoms with Crippen LogP contribution >= 0.6 is 0 Å². The van der Waals surface area contributed by atoms with Gasteiger partial charge in [-0.05, 0) is 31.7 Å². The molecule has 17 heavy (non-hydrogen) atoms. The lowest BCUT2D eigenvalue weighted by Crippen LogP contribution is -2.35. The molecule has 1 aromatic carbocycles. The third-order valence-corrected chi connectivity index (χ3v) is 3.27. The van der Waals surface area contributed by atoms with Gasteiger partial charge in [0.15, 0.2) is 0 Å². The van der Waals surface area contributed by atoms with E-state index in [0.29, 0.717) is 0 Å². The number of carbonyl (C=O) groups excluding carboxylic acids is 1. The minimum absolute atomic E-state index is 0.0641. The molecule has 3 heteroatoms. The summed E-state index contributed by atoms with van der Waals surface area (Å²) in [6.07, 6.45) is 2.81. The van der Waals surface area contributed by atoms with Crippen molar-refractivity contribution in [2.75, 3.05) is 0 Å². The lowest BCUT2D eigenvalue weighted by molar-refractivity contribution is -0.123. The van der Waals surface area contributed by atoms with Crippen LogP contribution in [0.15, 0.2) is 30.3 Å². The lowest BCUT2D eigenvalue weighted by Gasteiger charge is -2.13. The van der Waals surface area contributed by atoms with Gasteiger partial charge < -0.3 is 11.1 Å². The highest BCUT2D eigenvalue weighted by Crippen LogP contribution is 2.27. The number of hydrogen-bond acceptors (Lipinski definition) is 2. The monoisotopic (exact) mass is 232 g/mol. The van der Waals surface area contributed by atoms with Gasteiger partial charge in [-0.15, -0.1) is 0 Å². The van der Waals surface area contributed by atoms with E-state index in [1.165, 1.54) is 5.56 Å². The topological polar surface area (TPSA) is 55.1 Å². The van der Waals surface area contributed by atoms with Crippen LogP contribution < -0.4 is 11.1 Å². The van der Waals surface area contributed by atoms with Crippen LogP contribution in [0.2, 0.25) is 0 Å². The number of nitrogens with one attached hydrogen (secondary N) is 1. The summed E-state index contributed by atoms with van der Waals surface area (Å²) in [7, 11) is 0. The maximum absolute atomic E-state index is 11.6. The average molecular weight is 232 g/mol. The van der Waals surface area contributed by atoms with Gasteiger partial charge in [-0.25, -0.2) is 0 Å². The van der Waals surface area contributed by atoms with Gasteiger partial charge in [0.1, 0.15) is 0 Å². The van der Waals surface area contributed by atoms with Crippen LogP contribution in [0.1, 0.15) is 25.3 Å². The molecule has 1 amide bonds. The Labute approximate surface area is 102 Å². The first-order valence-corrected chi connectivity index (χ1v) is 6.26. The van der Waals surface area contributed by atoms with E-state index in [4.69, 9.17) is 5.73 Å². The molecule has 0 heterocycles. The highest BCUT2D eigenvalue weighted by atomic mass is 16.2. The Morgan fingerprint density at radius 2 is 2.12 bits per heavy atom. The van der Waals surface area contributed by atoms with E-state index in [1.807, 2.05) is 18.2 Å². The number of benzene rings is 1. The van der Waals surface area contributed by atoms with Gasteiger partial charge in [0.05, 0.1) is 5.92 Å². The van der Waals surface area contributed by atoms with E-state index < -0.39 is 0 Å². The lowest BCUT2D eigenvalue weighted by atomic mass is 10.1. The number of carbonyl (C=O) groups is 1. The Hall–Kier alpha value is -1.35. The van der Waals surface area contributed by atoms with Crippen molar-refractivity contribution in [3.8, 4) is 0 Å². The van der Waals surface area contributed by atoms with Crippen molar-refractivity contribution < 1.29 is 4.79 Å². The van der Waals surface area contributed by atoms with Gasteiger partial charge >= 0.3 is 0 Å². The highest BCUT2D eigenvalue weighted by molar-refractivity contribution is 5.82. The van der Waals surface area contributed by atoms with Crippen molar-refractivity contribution in [1.29, 1.82) is 0 Å². The van der Waals surface area contributed by atoms with Crippen molar-refractivity contribution in [3.05, 3.63) is 35.9 Å². The average Bonchev–Trinajstić information content (AvgIpc) is 3.05. The van der Waals surface area contributed by atoms with E-state index in [2.05, 4.69) is 24.4 Å². The minimum atomic E-state index is 0.0641. The summed E-state index contributed by atoms with van der Waals surface area (Å²) >= 11 is 0. The van der Waals surface area contributed by atoms with Gasteiger partial charge in [0.2, 0.25) is 5.91 Å². The van der Waals surface area contributed by atoms with Crippen LogP contribution in [-0.2, 0) is 11.2 Å². The second-order valence-corrected chi connectivity index (χ2v) is 4.94. The van der Waals surface area contributed by atoms with Crippen molar-refractivity contribution in [2.45, 2.75) is 38.3 Å². The van der Waals surface area contributed by atoms with Crippen LogP contribution in [0.25, 0.3) is 0 Å². The van der Waals surface area contributed by atoms with Crippen molar-refractivity contribution >= 4 is 5.91 Å². The molecule has 0 saturated heterocycles. The largest absolute Gasteiger partial charge is 0.353 e. The molecule has 3 unspecified atom stereocenters. The summed E-state index contributed by atoms with van der Waals surface area (Å²) in [5.41, 5.74) is 6.96. The van der Waals surface area contributed by atoms with Gasteiger partial charge in [-0.1, -0.05) is 30.3 Å². The summed E-state index contributed by atoms with van der Waals surface area (Å²) in [5.74, 6) is 0.187. The molecule has 1 aromatic rings. The van der Waals surface area contributed by atoms with Crippen LogP contribution in [0, 0.1) is 5.92 Å². The summed E-state index contributed by atoms with van der Waals surface area (Å²) in [6, 6.07) is 10.6. The molecule has 92 valence electrons. The zero-order valence-electron chi connectivity index (χ0n) is 10.2. The molecule has 1 aliphatic carbocycles. The first-order chi connectivity index (χ1) is 8.16. The normalized spacial score (nSPS) is 24.1. The van der Waals surface area contributed by atoms with Gasteiger partial charge in [0, 0.05) is 12.1 Å². The Morgan fingerprint density at radius 1 is 1.47 bits per heavy atom. The number of nitrogens with two attached hydrogens (primary N) is 1. The number of aryl methyl sites for hydroxylation is 1. The van der Waals surface area contributed by atoms with Crippen LogP contribution in [0.3, 0.4) is 0 Å². The molecular formula is C14H20N2O. The first kappa shape index (κ1) is 12.1. The summed E-state index contributed by atoms with van der Waals surface area (Å²) in [4.78, 5) is 11.6. The van der Waals surface area contributed by atoms with E-state index in [0.717, 1.165) is 19.3 Å². The molecule has 0 aliphatic heterocycles. The molecule has 1 saturated carbocycles. The van der Waals surface area contributed by atoms with E-state index >= 15 is 0 Å². The maximum Gasteiger partial charge on any atom is 0.224 e. The molecule has 3 N–H and O–H groups in total. The SMILES string of the molecule is CC(CCc1ccccc1)NC(=O)C1CC1N. The molecule has 2 rings (SSSR count). The molecular weight excluding hydrogens is 212 g/mol. The summed E-state index contributed by atoms with van der Waals surface area (Å²) in [5, 5.41) is 3.02. The second kappa shape index (κ2) is 5.32. The number of amides is 1. The standard InChI is InChI=1S/C14H20N2O/c1-10(16-14(17)12-9-13(12)15)7-8-11-5-3-2-4-6-11/h2-6,10,12-13H,7-9,15H2,1H3,(H,16,17). The van der Waals surface area contributed by atoms with Gasteiger partial charge in [0.25, 0.3) is 0 Å². The smallest absolute Gasteiger partial charge is 0.224 e. The Bertz CT molecular complexity index is 377. The summed E-state index contributed by atoms with van der Waals surface area (Å²) in [6.45, 7) is 2.05. The van der Waals surface area contributed by atoms with Crippen molar-refractivity contribution in [2.24, 2.45) is 11.7 Å². The van der Waals surface area contributed by atoms with Crippen LogP contribution in [0.4, 0.5) is 0 Å². The third kappa shape index (κ3) is 3.56. The quantitative estimate of drug-likeness (QED) is 0.807. The van der Waals surface area contributed by atoms with E-state index in [-0.39, 0.29) is 23.9 Å². The van der Waals surface area contributed by atoms with Crippen LogP contribution in [-0.4, -0.2) is 18.0 Å². The first-order valence-electron chi connectivity index (χ1n) is 6.26. The number of hydrogen-bond donors (Lipinski definition) is 2. The molecule has 1 aliphatic rings. The molecule has 3 atom stereocenters. The fourth-order valence-corrected chi connectivity index (χ4v) is 1.97. The van der Waals surface area contributed by atoms with E-state index in [9.17, 15) is 4.79 Å². The highest BCUT2D eigenvalue weighted by Gasteiger charge is 2.40. The minimum Gasteiger partial charge on any atom is -0.353 e. The summed E-state index contributed by atoms with van der Waals surface area (Å²) < 4.78 is 0. The predicted octanol–water partition coefficient (Wildman–Crippen LogP) is 1.47.